The number of aromatic nitrogens is 3. The van der Waals surface area contributed by atoms with Crippen molar-refractivity contribution in [3.8, 4) is 17.2 Å². The molecule has 0 amide bonds. The van der Waals surface area contributed by atoms with E-state index in [2.05, 4.69) is 10.1 Å². The Labute approximate surface area is 139 Å². The van der Waals surface area contributed by atoms with Gasteiger partial charge in [0.2, 0.25) is 0 Å². The summed E-state index contributed by atoms with van der Waals surface area (Å²) < 4.78 is 7.73. The summed E-state index contributed by atoms with van der Waals surface area (Å²) in [4.78, 5) is 4.17. The highest BCUT2D eigenvalue weighted by molar-refractivity contribution is 5.89. The number of hydrogen-bond donors (Lipinski definition) is 1. The molecule has 0 atom stereocenters. The molecule has 2 aromatic carbocycles. The van der Waals surface area contributed by atoms with Crippen LogP contribution in [-0.2, 0) is 0 Å². The number of nitrogens with zero attached hydrogens (tertiary/aromatic N) is 3. The van der Waals surface area contributed by atoms with Crippen molar-refractivity contribution in [1.82, 2.24) is 14.8 Å². The lowest BCUT2D eigenvalue weighted by Crippen LogP contribution is -1.99. The first-order valence-corrected chi connectivity index (χ1v) is 7.64. The van der Waals surface area contributed by atoms with Crippen molar-refractivity contribution in [3.05, 3.63) is 72.6 Å². The Kier molecular flexibility index (Phi) is 3.39. The number of pyridine rings is 1. The summed E-state index contributed by atoms with van der Waals surface area (Å²) in [6.07, 6.45) is 3.48. The Bertz CT molecular complexity index is 1010. The number of ether oxygens (including phenoxy) is 1. The van der Waals surface area contributed by atoms with E-state index in [1.807, 2.05) is 61.5 Å². The second-order valence-electron chi connectivity index (χ2n) is 5.55. The quantitative estimate of drug-likeness (QED) is 0.618. The van der Waals surface area contributed by atoms with E-state index >= 15 is 0 Å². The highest BCUT2D eigenvalue weighted by atomic mass is 16.5. The molecule has 0 fully saturated rings. The molecule has 0 saturated heterocycles. The Balaban J connectivity index is 1.73. The molecule has 2 heterocycles. The summed E-state index contributed by atoms with van der Waals surface area (Å²) in [5.41, 5.74) is 8.82. The third-order valence-corrected chi connectivity index (χ3v) is 3.89. The smallest absolute Gasteiger partial charge is 0.153 e. The number of nitrogen functional groups attached to an aromatic ring is 1. The van der Waals surface area contributed by atoms with Gasteiger partial charge < -0.3 is 10.5 Å². The maximum atomic E-state index is 6.00. The van der Waals surface area contributed by atoms with Gasteiger partial charge in [-0.15, -0.1) is 5.10 Å². The maximum Gasteiger partial charge on any atom is 0.153 e. The molecular weight excluding hydrogens is 300 g/mol. The first kappa shape index (κ1) is 14.3. The van der Waals surface area contributed by atoms with Gasteiger partial charge in [-0.1, -0.05) is 18.2 Å². The standard InChI is InChI=1S/C19H16N4O/c1-13-11-14(7-8-18(13)24-15-5-3-2-4-6-15)23-17-12-21-10-9-16(17)19(20)22-23/h2-12H,1H3,(H2,20,22). The van der Waals surface area contributed by atoms with E-state index in [4.69, 9.17) is 10.5 Å². The van der Waals surface area contributed by atoms with Crippen LogP contribution in [0.1, 0.15) is 5.56 Å². The van der Waals surface area contributed by atoms with E-state index in [1.165, 1.54) is 0 Å². The highest BCUT2D eigenvalue weighted by Crippen LogP contribution is 2.28. The van der Waals surface area contributed by atoms with Gasteiger partial charge in [0.25, 0.3) is 0 Å². The van der Waals surface area contributed by atoms with Gasteiger partial charge in [0, 0.05) is 11.6 Å². The van der Waals surface area contributed by atoms with E-state index in [0.29, 0.717) is 5.82 Å². The minimum atomic E-state index is 0.495. The van der Waals surface area contributed by atoms with Crippen molar-refractivity contribution in [2.24, 2.45) is 0 Å². The number of nitrogens with two attached hydrogens (primary N) is 1. The average molecular weight is 316 g/mol. The number of rotatable bonds is 3. The van der Waals surface area contributed by atoms with Crippen LogP contribution < -0.4 is 10.5 Å². The summed E-state index contributed by atoms with van der Waals surface area (Å²) in [5, 5.41) is 5.32. The zero-order chi connectivity index (χ0) is 16.5. The van der Waals surface area contributed by atoms with Gasteiger partial charge in [-0.05, 0) is 48.9 Å². The van der Waals surface area contributed by atoms with Crippen molar-refractivity contribution in [3.63, 3.8) is 0 Å². The van der Waals surface area contributed by atoms with E-state index in [-0.39, 0.29) is 0 Å². The maximum absolute atomic E-state index is 6.00. The molecule has 24 heavy (non-hydrogen) atoms. The number of para-hydroxylation sites is 1. The lowest BCUT2D eigenvalue weighted by Gasteiger charge is -2.11. The number of hydrogen-bond acceptors (Lipinski definition) is 4. The molecule has 0 bridgehead atoms. The largest absolute Gasteiger partial charge is 0.457 e. The van der Waals surface area contributed by atoms with E-state index in [9.17, 15) is 0 Å². The first-order chi connectivity index (χ1) is 11.7. The van der Waals surface area contributed by atoms with Gasteiger partial charge in [0.05, 0.1) is 17.4 Å². The number of aryl methyl sites for hydroxylation is 1. The van der Waals surface area contributed by atoms with Gasteiger partial charge in [-0.2, -0.15) is 0 Å². The van der Waals surface area contributed by atoms with Crippen molar-refractivity contribution in [2.45, 2.75) is 6.92 Å². The zero-order valence-corrected chi connectivity index (χ0v) is 13.2. The zero-order valence-electron chi connectivity index (χ0n) is 13.2. The molecule has 5 nitrogen and oxygen atoms in total. The van der Waals surface area contributed by atoms with E-state index in [0.717, 1.165) is 33.7 Å². The molecular formula is C19H16N4O. The first-order valence-electron chi connectivity index (χ1n) is 7.64. The van der Waals surface area contributed by atoms with Crippen LogP contribution in [0.2, 0.25) is 0 Å². The van der Waals surface area contributed by atoms with Gasteiger partial charge in [-0.3, -0.25) is 4.98 Å². The van der Waals surface area contributed by atoms with Crippen molar-refractivity contribution >= 4 is 16.7 Å². The second kappa shape index (κ2) is 5.70. The van der Waals surface area contributed by atoms with Crippen LogP contribution in [0.25, 0.3) is 16.6 Å². The van der Waals surface area contributed by atoms with Crippen LogP contribution in [0.3, 0.4) is 0 Å². The highest BCUT2D eigenvalue weighted by Gasteiger charge is 2.11. The van der Waals surface area contributed by atoms with Gasteiger partial charge in [-0.25, -0.2) is 4.68 Å². The predicted octanol–water partition coefficient (Wildman–Crippen LogP) is 4.10. The summed E-state index contributed by atoms with van der Waals surface area (Å²) >= 11 is 0. The van der Waals surface area contributed by atoms with Crippen LogP contribution in [0, 0.1) is 6.92 Å². The lowest BCUT2D eigenvalue weighted by atomic mass is 10.2. The Morgan fingerprint density at radius 1 is 1.04 bits per heavy atom. The van der Waals surface area contributed by atoms with E-state index < -0.39 is 0 Å². The minimum absolute atomic E-state index is 0.495. The number of fused-ring (bicyclic) bond motifs is 1. The molecule has 4 rings (SSSR count). The molecule has 0 radical (unpaired) electrons. The van der Waals surface area contributed by atoms with Crippen LogP contribution in [0.5, 0.6) is 11.5 Å². The summed E-state index contributed by atoms with van der Waals surface area (Å²) in [7, 11) is 0. The van der Waals surface area contributed by atoms with Crippen molar-refractivity contribution < 1.29 is 4.74 Å². The van der Waals surface area contributed by atoms with Gasteiger partial charge in [0.15, 0.2) is 5.82 Å². The van der Waals surface area contributed by atoms with Gasteiger partial charge >= 0.3 is 0 Å². The molecule has 5 heteroatoms. The molecule has 0 aliphatic rings. The molecule has 0 saturated carbocycles. The van der Waals surface area contributed by atoms with Crippen LogP contribution >= 0.6 is 0 Å². The molecule has 0 spiro atoms. The molecule has 2 N–H and O–H groups in total. The molecule has 118 valence electrons. The SMILES string of the molecule is Cc1cc(-n2nc(N)c3ccncc32)ccc1Oc1ccccc1. The van der Waals surface area contributed by atoms with Crippen molar-refractivity contribution in [2.75, 3.05) is 5.73 Å². The fourth-order valence-corrected chi connectivity index (χ4v) is 2.68. The van der Waals surface area contributed by atoms with Crippen LogP contribution in [-0.4, -0.2) is 14.8 Å². The summed E-state index contributed by atoms with van der Waals surface area (Å²) in [6.45, 7) is 2.01. The Morgan fingerprint density at radius 3 is 2.67 bits per heavy atom. The number of benzene rings is 2. The minimum Gasteiger partial charge on any atom is -0.457 e. The third-order valence-electron chi connectivity index (χ3n) is 3.89. The van der Waals surface area contributed by atoms with Gasteiger partial charge in [0.1, 0.15) is 11.5 Å². The average Bonchev–Trinajstić information content (AvgIpc) is 2.95. The second-order valence-corrected chi connectivity index (χ2v) is 5.55. The monoisotopic (exact) mass is 316 g/mol. The third kappa shape index (κ3) is 2.46. The Morgan fingerprint density at radius 2 is 1.88 bits per heavy atom. The fraction of sp³-hybridized carbons (Fsp3) is 0.0526. The van der Waals surface area contributed by atoms with E-state index in [1.54, 1.807) is 17.1 Å². The number of anilines is 1. The normalized spacial score (nSPS) is 10.9. The topological polar surface area (TPSA) is 66.0 Å². The summed E-state index contributed by atoms with van der Waals surface area (Å²) in [5.74, 6) is 2.12. The van der Waals surface area contributed by atoms with Crippen molar-refractivity contribution in [1.29, 1.82) is 0 Å². The lowest BCUT2D eigenvalue weighted by molar-refractivity contribution is 0.479. The molecule has 0 aliphatic carbocycles. The van der Waals surface area contributed by atoms with Crippen LogP contribution in [0.4, 0.5) is 5.82 Å². The Hall–Kier alpha value is -3.34. The fourth-order valence-electron chi connectivity index (χ4n) is 2.68. The molecule has 0 unspecified atom stereocenters. The predicted molar refractivity (Wildman–Crippen MR) is 94.5 cm³/mol. The summed E-state index contributed by atoms with van der Waals surface area (Å²) in [6, 6.07) is 17.5. The van der Waals surface area contributed by atoms with Crippen LogP contribution in [0.15, 0.2) is 67.0 Å². The molecule has 0 aliphatic heterocycles. The molecule has 2 aromatic heterocycles. The molecule has 4 aromatic rings.